The summed E-state index contributed by atoms with van der Waals surface area (Å²) >= 11 is 0. The van der Waals surface area contributed by atoms with E-state index < -0.39 is 10.0 Å². The van der Waals surface area contributed by atoms with Gasteiger partial charge in [0.1, 0.15) is 5.82 Å². The first-order valence-electron chi connectivity index (χ1n) is 7.49. The fourth-order valence-corrected chi connectivity index (χ4v) is 4.22. The van der Waals surface area contributed by atoms with E-state index in [1.807, 2.05) is 6.92 Å². The van der Waals surface area contributed by atoms with Gasteiger partial charge in [0.25, 0.3) is 10.0 Å². The number of aromatic amines is 1. The third kappa shape index (κ3) is 3.23. The van der Waals surface area contributed by atoms with E-state index in [0.29, 0.717) is 31.3 Å². The van der Waals surface area contributed by atoms with Crippen LogP contribution in [0.5, 0.6) is 0 Å². The highest BCUT2D eigenvalue weighted by molar-refractivity contribution is 7.89. The lowest BCUT2D eigenvalue weighted by molar-refractivity contribution is 0.340. The van der Waals surface area contributed by atoms with Gasteiger partial charge >= 0.3 is 0 Å². The van der Waals surface area contributed by atoms with Crippen molar-refractivity contribution in [1.29, 1.82) is 0 Å². The Morgan fingerprint density at radius 1 is 1.40 bits per heavy atom. The lowest BCUT2D eigenvalue weighted by atomic mass is 9.89. The summed E-state index contributed by atoms with van der Waals surface area (Å²) in [5, 5.41) is 0.234. The maximum absolute atomic E-state index is 12.6. The highest BCUT2D eigenvalue weighted by Crippen LogP contribution is 2.27. The van der Waals surface area contributed by atoms with Gasteiger partial charge in [-0.2, -0.15) is 4.31 Å². The van der Waals surface area contributed by atoms with Crippen molar-refractivity contribution in [2.24, 2.45) is 11.8 Å². The molecule has 1 aliphatic heterocycles. The van der Waals surface area contributed by atoms with Crippen LogP contribution >= 0.6 is 0 Å². The van der Waals surface area contributed by atoms with Gasteiger partial charge in [-0.05, 0) is 31.1 Å². The molecule has 6 heteroatoms. The van der Waals surface area contributed by atoms with E-state index in [1.54, 1.807) is 4.31 Å². The van der Waals surface area contributed by atoms with Crippen LogP contribution < -0.4 is 0 Å². The number of nitrogens with zero attached hydrogens (tertiary/aromatic N) is 2. The van der Waals surface area contributed by atoms with Crippen LogP contribution in [0.25, 0.3) is 0 Å². The molecular formula is C14H25N3O2S. The Morgan fingerprint density at radius 2 is 2.15 bits per heavy atom. The molecule has 1 aromatic rings. The summed E-state index contributed by atoms with van der Waals surface area (Å²) in [6, 6.07) is 0. The number of hydrogen-bond donors (Lipinski definition) is 1. The van der Waals surface area contributed by atoms with Crippen LogP contribution in [0, 0.1) is 11.8 Å². The molecular weight excluding hydrogens is 274 g/mol. The molecule has 1 saturated heterocycles. The molecule has 1 N–H and O–H groups in total. The van der Waals surface area contributed by atoms with Crippen molar-refractivity contribution in [3.05, 3.63) is 12.0 Å². The summed E-state index contributed by atoms with van der Waals surface area (Å²) in [4.78, 5) is 7.02. The number of H-pyrrole nitrogens is 1. The maximum atomic E-state index is 12.6. The van der Waals surface area contributed by atoms with E-state index >= 15 is 0 Å². The van der Waals surface area contributed by atoms with Crippen molar-refractivity contribution in [2.75, 3.05) is 13.1 Å². The summed E-state index contributed by atoms with van der Waals surface area (Å²) in [5.41, 5.74) is 0. The van der Waals surface area contributed by atoms with Gasteiger partial charge in [-0.1, -0.05) is 20.8 Å². The fraction of sp³-hybridized carbons (Fsp3) is 0.786. The maximum Gasteiger partial charge on any atom is 0.260 e. The minimum absolute atomic E-state index is 0.234. The van der Waals surface area contributed by atoms with Crippen LogP contribution in [0.3, 0.4) is 0 Å². The number of rotatable bonds is 4. The molecule has 20 heavy (non-hydrogen) atoms. The van der Waals surface area contributed by atoms with Crippen molar-refractivity contribution in [2.45, 2.75) is 51.5 Å². The molecule has 0 bridgehead atoms. The molecule has 1 aliphatic rings. The third-order valence-corrected chi connectivity index (χ3v) is 6.04. The Balaban J connectivity index is 2.13. The average molecular weight is 299 g/mol. The molecule has 0 aliphatic carbocycles. The normalized spacial score (nSPS) is 22.1. The zero-order chi connectivity index (χ0) is 14.8. The SMILES string of the molecule is CCc1ncc(S(=O)(=O)N2CCCC(C(C)C)CC2)[nH]1. The van der Waals surface area contributed by atoms with Crippen LogP contribution in [0.15, 0.2) is 11.2 Å². The number of nitrogens with one attached hydrogen (secondary N) is 1. The summed E-state index contributed by atoms with van der Waals surface area (Å²) in [5.74, 6) is 1.97. The molecule has 0 amide bonds. The van der Waals surface area contributed by atoms with Gasteiger partial charge in [0.15, 0.2) is 5.03 Å². The van der Waals surface area contributed by atoms with E-state index in [1.165, 1.54) is 6.20 Å². The zero-order valence-corrected chi connectivity index (χ0v) is 13.4. The number of hydrogen-bond acceptors (Lipinski definition) is 3. The molecule has 0 radical (unpaired) electrons. The van der Waals surface area contributed by atoms with Crippen LogP contribution in [0.1, 0.15) is 45.9 Å². The van der Waals surface area contributed by atoms with Crippen molar-refractivity contribution in [1.82, 2.24) is 14.3 Å². The molecule has 2 heterocycles. The first-order valence-corrected chi connectivity index (χ1v) is 8.93. The molecule has 1 fully saturated rings. The van der Waals surface area contributed by atoms with Crippen molar-refractivity contribution in [3.8, 4) is 0 Å². The predicted molar refractivity (Wildman–Crippen MR) is 78.9 cm³/mol. The second-order valence-electron chi connectivity index (χ2n) is 5.89. The van der Waals surface area contributed by atoms with Gasteiger partial charge in [-0.25, -0.2) is 13.4 Å². The van der Waals surface area contributed by atoms with E-state index in [4.69, 9.17) is 0 Å². The number of aryl methyl sites for hydroxylation is 1. The Kier molecular flexibility index (Phi) is 4.86. The van der Waals surface area contributed by atoms with Crippen molar-refractivity contribution >= 4 is 10.0 Å². The highest BCUT2D eigenvalue weighted by atomic mass is 32.2. The summed E-state index contributed by atoms with van der Waals surface area (Å²) in [6.45, 7) is 7.63. The molecule has 1 unspecified atom stereocenters. The van der Waals surface area contributed by atoms with E-state index in [-0.39, 0.29) is 5.03 Å². The minimum atomic E-state index is -3.41. The van der Waals surface area contributed by atoms with Crippen LogP contribution in [0.2, 0.25) is 0 Å². The molecule has 0 saturated carbocycles. The zero-order valence-electron chi connectivity index (χ0n) is 12.6. The minimum Gasteiger partial charge on any atom is -0.332 e. The van der Waals surface area contributed by atoms with Crippen molar-refractivity contribution < 1.29 is 8.42 Å². The number of imidazole rings is 1. The quantitative estimate of drug-likeness (QED) is 0.928. The smallest absolute Gasteiger partial charge is 0.260 e. The van der Waals surface area contributed by atoms with Crippen LogP contribution in [-0.2, 0) is 16.4 Å². The summed E-state index contributed by atoms with van der Waals surface area (Å²) < 4.78 is 26.8. The molecule has 114 valence electrons. The second-order valence-corrected chi connectivity index (χ2v) is 7.79. The largest absolute Gasteiger partial charge is 0.332 e. The Bertz CT molecular complexity index is 536. The summed E-state index contributed by atoms with van der Waals surface area (Å²) in [7, 11) is -3.41. The summed E-state index contributed by atoms with van der Waals surface area (Å²) in [6.07, 6.45) is 5.17. The monoisotopic (exact) mass is 299 g/mol. The molecule has 0 aromatic carbocycles. The average Bonchev–Trinajstić information content (AvgIpc) is 2.75. The van der Waals surface area contributed by atoms with E-state index in [9.17, 15) is 8.42 Å². The van der Waals surface area contributed by atoms with Crippen LogP contribution in [-0.4, -0.2) is 35.8 Å². The van der Waals surface area contributed by atoms with Gasteiger partial charge in [0.2, 0.25) is 0 Å². The first kappa shape index (κ1) is 15.5. The Labute approximate surface area is 121 Å². The fourth-order valence-electron chi connectivity index (χ4n) is 2.80. The Morgan fingerprint density at radius 3 is 2.75 bits per heavy atom. The lowest BCUT2D eigenvalue weighted by Gasteiger charge is -2.20. The van der Waals surface area contributed by atoms with E-state index in [2.05, 4.69) is 23.8 Å². The molecule has 1 atom stereocenters. The van der Waals surface area contributed by atoms with Gasteiger partial charge in [0, 0.05) is 19.5 Å². The standard InChI is InChI=1S/C14H25N3O2S/c1-4-13-15-10-14(16-13)20(18,19)17-8-5-6-12(7-9-17)11(2)3/h10-12H,4-9H2,1-3H3,(H,15,16). The predicted octanol–water partition coefficient (Wildman–Crippen LogP) is 2.42. The van der Waals surface area contributed by atoms with Gasteiger partial charge < -0.3 is 4.98 Å². The van der Waals surface area contributed by atoms with Gasteiger partial charge in [-0.15, -0.1) is 0 Å². The molecule has 5 nitrogen and oxygen atoms in total. The molecule has 1 aromatic heterocycles. The molecule has 0 spiro atoms. The molecule has 2 rings (SSSR count). The lowest BCUT2D eigenvalue weighted by Crippen LogP contribution is -2.32. The number of sulfonamides is 1. The third-order valence-electron chi connectivity index (χ3n) is 4.23. The topological polar surface area (TPSA) is 66.1 Å². The first-order chi connectivity index (χ1) is 9.45. The van der Waals surface area contributed by atoms with Gasteiger partial charge in [0.05, 0.1) is 6.20 Å². The van der Waals surface area contributed by atoms with Crippen molar-refractivity contribution in [3.63, 3.8) is 0 Å². The number of aromatic nitrogens is 2. The second kappa shape index (κ2) is 6.26. The van der Waals surface area contributed by atoms with Gasteiger partial charge in [-0.3, -0.25) is 0 Å². The Hall–Kier alpha value is -0.880. The van der Waals surface area contributed by atoms with E-state index in [0.717, 1.165) is 25.1 Å². The van der Waals surface area contributed by atoms with Crippen LogP contribution in [0.4, 0.5) is 0 Å². The highest BCUT2D eigenvalue weighted by Gasteiger charge is 2.29.